The zero-order valence-electron chi connectivity index (χ0n) is 12.8. The maximum Gasteiger partial charge on any atom is 0.337 e. The first-order valence-electron chi connectivity index (χ1n) is 6.97. The molecule has 0 aliphatic heterocycles. The molecule has 0 bridgehead atoms. The molecule has 2 aromatic carbocycles. The maximum absolute atomic E-state index is 12.4. The fourth-order valence-corrected chi connectivity index (χ4v) is 2.16. The van der Waals surface area contributed by atoms with E-state index >= 15 is 0 Å². The third kappa shape index (κ3) is 4.02. The molecule has 5 nitrogen and oxygen atoms in total. The summed E-state index contributed by atoms with van der Waals surface area (Å²) >= 11 is 6.08. The maximum atomic E-state index is 12.4. The highest BCUT2D eigenvalue weighted by Crippen LogP contribution is 2.26. The van der Waals surface area contributed by atoms with E-state index in [2.05, 4.69) is 10.1 Å². The Morgan fingerprint density at radius 2 is 1.91 bits per heavy atom. The topological polar surface area (TPSA) is 64.6 Å². The molecule has 0 aromatic heterocycles. The van der Waals surface area contributed by atoms with E-state index < -0.39 is 5.97 Å². The Morgan fingerprint density at radius 3 is 2.61 bits per heavy atom. The van der Waals surface area contributed by atoms with Crippen molar-refractivity contribution >= 4 is 29.2 Å². The molecule has 0 aliphatic rings. The molecule has 0 unspecified atom stereocenters. The van der Waals surface area contributed by atoms with Crippen molar-refractivity contribution in [3.8, 4) is 5.75 Å². The molecule has 0 spiro atoms. The van der Waals surface area contributed by atoms with Crippen molar-refractivity contribution in [3.63, 3.8) is 0 Å². The van der Waals surface area contributed by atoms with Gasteiger partial charge in [0.15, 0.2) is 0 Å². The number of esters is 1. The van der Waals surface area contributed by atoms with E-state index in [-0.39, 0.29) is 5.91 Å². The van der Waals surface area contributed by atoms with Gasteiger partial charge in [-0.05, 0) is 37.3 Å². The minimum absolute atomic E-state index is 0.297. The summed E-state index contributed by atoms with van der Waals surface area (Å²) in [4.78, 5) is 24.0. The van der Waals surface area contributed by atoms with Gasteiger partial charge in [0.25, 0.3) is 5.91 Å². The minimum Gasteiger partial charge on any atom is -0.493 e. The van der Waals surface area contributed by atoms with Crippen LogP contribution in [0.3, 0.4) is 0 Å². The molecule has 0 fully saturated rings. The van der Waals surface area contributed by atoms with Crippen LogP contribution >= 0.6 is 11.6 Å². The number of benzene rings is 2. The van der Waals surface area contributed by atoms with E-state index in [9.17, 15) is 9.59 Å². The molecule has 1 N–H and O–H groups in total. The van der Waals surface area contributed by atoms with Crippen LogP contribution in [0.4, 0.5) is 5.69 Å². The third-order valence-electron chi connectivity index (χ3n) is 3.07. The average Bonchev–Trinajstić information content (AvgIpc) is 2.57. The lowest BCUT2D eigenvalue weighted by atomic mass is 10.1. The zero-order valence-corrected chi connectivity index (χ0v) is 13.5. The molecule has 0 atom stereocenters. The van der Waals surface area contributed by atoms with E-state index in [4.69, 9.17) is 16.3 Å². The van der Waals surface area contributed by atoms with Gasteiger partial charge in [-0.25, -0.2) is 4.79 Å². The Balaban J connectivity index is 2.28. The quantitative estimate of drug-likeness (QED) is 0.846. The van der Waals surface area contributed by atoms with Crippen molar-refractivity contribution in [1.29, 1.82) is 0 Å². The predicted octanol–water partition coefficient (Wildman–Crippen LogP) is 3.78. The number of hydrogen-bond donors (Lipinski definition) is 1. The van der Waals surface area contributed by atoms with E-state index in [1.807, 2.05) is 6.92 Å². The number of amides is 1. The third-order valence-corrected chi connectivity index (χ3v) is 3.40. The van der Waals surface area contributed by atoms with E-state index in [0.717, 1.165) is 0 Å². The van der Waals surface area contributed by atoms with Gasteiger partial charge in [0, 0.05) is 0 Å². The first-order valence-corrected chi connectivity index (χ1v) is 7.35. The fraction of sp³-hybridized carbons (Fsp3) is 0.176. The molecule has 23 heavy (non-hydrogen) atoms. The summed E-state index contributed by atoms with van der Waals surface area (Å²) < 4.78 is 10.1. The summed E-state index contributed by atoms with van der Waals surface area (Å²) in [5, 5.41) is 3.01. The van der Waals surface area contributed by atoms with Crippen molar-refractivity contribution in [2.75, 3.05) is 19.0 Å². The van der Waals surface area contributed by atoms with Crippen molar-refractivity contribution in [1.82, 2.24) is 0 Å². The number of methoxy groups -OCH3 is 1. The number of ether oxygens (including phenoxy) is 2. The molecule has 2 rings (SSSR count). The van der Waals surface area contributed by atoms with Crippen LogP contribution in [-0.2, 0) is 4.74 Å². The predicted molar refractivity (Wildman–Crippen MR) is 88.4 cm³/mol. The summed E-state index contributed by atoms with van der Waals surface area (Å²) in [6.07, 6.45) is 0. The van der Waals surface area contributed by atoms with Crippen LogP contribution < -0.4 is 10.1 Å². The highest BCUT2D eigenvalue weighted by molar-refractivity contribution is 6.34. The number of carbonyl (C=O) groups excluding carboxylic acids is 2. The van der Waals surface area contributed by atoms with Gasteiger partial charge >= 0.3 is 5.97 Å². The van der Waals surface area contributed by atoms with Crippen molar-refractivity contribution < 1.29 is 19.1 Å². The Morgan fingerprint density at radius 1 is 1.17 bits per heavy atom. The average molecular weight is 334 g/mol. The minimum atomic E-state index is -0.508. The molecule has 0 radical (unpaired) electrons. The number of anilines is 1. The summed E-state index contributed by atoms with van der Waals surface area (Å²) in [5.74, 6) is -0.405. The molecule has 6 heteroatoms. The highest BCUT2D eigenvalue weighted by Gasteiger charge is 2.15. The zero-order chi connectivity index (χ0) is 16.8. The van der Waals surface area contributed by atoms with Gasteiger partial charge in [-0.3, -0.25) is 4.79 Å². The highest BCUT2D eigenvalue weighted by atomic mass is 35.5. The number of para-hydroxylation sites is 1. The van der Waals surface area contributed by atoms with E-state index in [0.29, 0.717) is 34.2 Å². The van der Waals surface area contributed by atoms with Crippen LogP contribution in [0.15, 0.2) is 42.5 Å². The van der Waals surface area contributed by atoms with Crippen LogP contribution in [0.1, 0.15) is 27.6 Å². The summed E-state index contributed by atoms with van der Waals surface area (Å²) in [6, 6.07) is 11.4. The number of rotatable bonds is 5. The fourth-order valence-electron chi connectivity index (χ4n) is 1.99. The Kier molecular flexibility index (Phi) is 5.60. The van der Waals surface area contributed by atoms with E-state index in [1.165, 1.54) is 25.3 Å². The van der Waals surface area contributed by atoms with Crippen LogP contribution in [-0.4, -0.2) is 25.6 Å². The summed E-state index contributed by atoms with van der Waals surface area (Å²) in [5.41, 5.74) is 1.00. The lowest BCUT2D eigenvalue weighted by Crippen LogP contribution is -2.14. The second kappa shape index (κ2) is 7.65. The Bertz CT molecular complexity index is 730. The first-order chi connectivity index (χ1) is 11.1. The van der Waals surface area contributed by atoms with Crippen LogP contribution in [0.5, 0.6) is 5.75 Å². The molecule has 2 aromatic rings. The number of hydrogen-bond acceptors (Lipinski definition) is 4. The second-order valence-electron chi connectivity index (χ2n) is 4.57. The lowest BCUT2D eigenvalue weighted by Gasteiger charge is -2.12. The summed E-state index contributed by atoms with van der Waals surface area (Å²) in [6.45, 7) is 2.29. The van der Waals surface area contributed by atoms with Gasteiger partial charge < -0.3 is 14.8 Å². The van der Waals surface area contributed by atoms with Crippen molar-refractivity contribution in [3.05, 3.63) is 58.6 Å². The van der Waals surface area contributed by atoms with Gasteiger partial charge in [-0.1, -0.05) is 23.7 Å². The molecule has 0 heterocycles. The standard InChI is InChI=1S/C17H16ClNO4/c1-3-23-15-7-5-4-6-12(15)16(20)19-14-10-11(17(21)22-2)8-9-13(14)18/h4-10H,3H2,1-2H3,(H,19,20). The largest absolute Gasteiger partial charge is 0.493 e. The van der Waals surface area contributed by atoms with Crippen LogP contribution in [0, 0.1) is 0 Å². The van der Waals surface area contributed by atoms with Gasteiger partial charge in [0.1, 0.15) is 5.75 Å². The molecule has 0 saturated heterocycles. The normalized spacial score (nSPS) is 10.0. The Labute approximate surface area is 139 Å². The van der Waals surface area contributed by atoms with E-state index in [1.54, 1.807) is 24.3 Å². The van der Waals surface area contributed by atoms with Gasteiger partial charge in [0.05, 0.1) is 35.6 Å². The number of carbonyl (C=O) groups is 2. The monoisotopic (exact) mass is 333 g/mol. The van der Waals surface area contributed by atoms with Crippen molar-refractivity contribution in [2.24, 2.45) is 0 Å². The molecule has 1 amide bonds. The SMILES string of the molecule is CCOc1ccccc1C(=O)Nc1cc(C(=O)OC)ccc1Cl. The summed E-state index contributed by atoms with van der Waals surface area (Å²) in [7, 11) is 1.29. The van der Waals surface area contributed by atoms with Crippen LogP contribution in [0.2, 0.25) is 5.02 Å². The number of nitrogens with one attached hydrogen (secondary N) is 1. The second-order valence-corrected chi connectivity index (χ2v) is 4.98. The molecule has 0 saturated carbocycles. The first kappa shape index (κ1) is 16.8. The lowest BCUT2D eigenvalue weighted by molar-refractivity contribution is 0.0600. The van der Waals surface area contributed by atoms with Crippen molar-refractivity contribution in [2.45, 2.75) is 6.92 Å². The van der Waals surface area contributed by atoms with Gasteiger partial charge in [-0.2, -0.15) is 0 Å². The molecule has 0 aliphatic carbocycles. The molecular formula is C17H16ClNO4. The molecule has 120 valence electrons. The molecular weight excluding hydrogens is 318 g/mol. The number of halogens is 1. The van der Waals surface area contributed by atoms with Crippen LogP contribution in [0.25, 0.3) is 0 Å². The Hall–Kier alpha value is -2.53. The van der Waals surface area contributed by atoms with Gasteiger partial charge in [-0.15, -0.1) is 0 Å². The van der Waals surface area contributed by atoms with Gasteiger partial charge in [0.2, 0.25) is 0 Å². The smallest absolute Gasteiger partial charge is 0.337 e.